The molecule has 6 nitrogen and oxygen atoms in total. The zero-order chi connectivity index (χ0) is 18.7. The number of benzene rings is 2. The molecule has 1 aliphatic heterocycles. The van der Waals surface area contributed by atoms with Crippen molar-refractivity contribution in [1.82, 2.24) is 9.62 Å². The Balaban J connectivity index is 1.61. The lowest BCUT2D eigenvalue weighted by Gasteiger charge is -2.27. The second-order valence-electron chi connectivity index (χ2n) is 5.95. The van der Waals surface area contributed by atoms with Gasteiger partial charge in [0.05, 0.1) is 5.75 Å². The van der Waals surface area contributed by atoms with Gasteiger partial charge in [0.25, 0.3) is 5.91 Å². The summed E-state index contributed by atoms with van der Waals surface area (Å²) < 4.78 is 38.1. The third-order valence-electron chi connectivity index (χ3n) is 4.08. The van der Waals surface area contributed by atoms with Crippen LogP contribution < -0.4 is 5.32 Å². The Hall–Kier alpha value is -2.74. The summed E-state index contributed by atoms with van der Waals surface area (Å²) >= 11 is 0. The maximum atomic E-state index is 12.8. The second kappa shape index (κ2) is 7.25. The highest BCUT2D eigenvalue weighted by atomic mass is 32.2. The van der Waals surface area contributed by atoms with Crippen molar-refractivity contribution in [3.63, 3.8) is 0 Å². The smallest absolute Gasteiger partial charge is 0.268 e. The standard InChI is InChI=1S/C18H17FN2O4S/c19-15-7-5-13(6-8-15)9-10-20-17(22)11-21-18(23)16-4-2-1-3-14(16)12-26(21,24)25/h1-8H,9-12H2,(H,20,22). The number of hydrogen-bond donors (Lipinski definition) is 1. The number of nitrogens with one attached hydrogen (secondary N) is 1. The van der Waals surface area contributed by atoms with Crippen LogP contribution in [0.1, 0.15) is 21.5 Å². The zero-order valence-corrected chi connectivity index (χ0v) is 14.6. The molecule has 0 saturated heterocycles. The summed E-state index contributed by atoms with van der Waals surface area (Å²) in [6.45, 7) is -0.304. The van der Waals surface area contributed by atoms with Crippen LogP contribution in [0.5, 0.6) is 0 Å². The van der Waals surface area contributed by atoms with Crippen molar-refractivity contribution < 1.29 is 22.4 Å². The fourth-order valence-electron chi connectivity index (χ4n) is 2.74. The number of carbonyl (C=O) groups is 2. The number of hydrogen-bond acceptors (Lipinski definition) is 4. The predicted octanol–water partition coefficient (Wildman–Crippen LogP) is 1.47. The molecule has 0 spiro atoms. The van der Waals surface area contributed by atoms with Gasteiger partial charge >= 0.3 is 0 Å². The Morgan fingerprint density at radius 2 is 1.81 bits per heavy atom. The number of fused-ring (bicyclic) bond motifs is 1. The van der Waals surface area contributed by atoms with Crippen LogP contribution in [0.15, 0.2) is 48.5 Å². The number of nitrogens with zero attached hydrogens (tertiary/aromatic N) is 1. The molecular weight excluding hydrogens is 359 g/mol. The first-order chi connectivity index (χ1) is 12.4. The molecule has 0 atom stereocenters. The van der Waals surface area contributed by atoms with Crippen LogP contribution in [0.4, 0.5) is 4.39 Å². The summed E-state index contributed by atoms with van der Waals surface area (Å²) in [5.74, 6) is -1.91. The molecule has 26 heavy (non-hydrogen) atoms. The molecule has 136 valence electrons. The van der Waals surface area contributed by atoms with Crippen LogP contribution in [0, 0.1) is 5.82 Å². The van der Waals surface area contributed by atoms with Crippen LogP contribution in [-0.4, -0.2) is 37.6 Å². The summed E-state index contributed by atoms with van der Waals surface area (Å²) in [6.07, 6.45) is 0.468. The first-order valence-electron chi connectivity index (χ1n) is 8.00. The van der Waals surface area contributed by atoms with Crippen molar-refractivity contribution in [1.29, 1.82) is 0 Å². The SMILES string of the molecule is O=C(CN1C(=O)c2ccccc2CS1(=O)=O)NCCc1ccc(F)cc1. The van der Waals surface area contributed by atoms with E-state index in [1.165, 1.54) is 12.1 Å². The summed E-state index contributed by atoms with van der Waals surface area (Å²) in [4.78, 5) is 24.5. The average Bonchev–Trinajstić information content (AvgIpc) is 2.60. The van der Waals surface area contributed by atoms with Crippen LogP contribution >= 0.6 is 0 Å². The van der Waals surface area contributed by atoms with Gasteiger partial charge in [-0.3, -0.25) is 9.59 Å². The van der Waals surface area contributed by atoms with Gasteiger partial charge in [-0.15, -0.1) is 0 Å². The molecule has 1 N–H and O–H groups in total. The van der Waals surface area contributed by atoms with Crippen molar-refractivity contribution in [2.75, 3.05) is 13.1 Å². The van der Waals surface area contributed by atoms with Gasteiger partial charge in [0.15, 0.2) is 0 Å². The van der Waals surface area contributed by atoms with E-state index in [1.807, 2.05) is 0 Å². The molecule has 2 amide bonds. The maximum absolute atomic E-state index is 12.8. The molecule has 0 radical (unpaired) electrons. The maximum Gasteiger partial charge on any atom is 0.268 e. The topological polar surface area (TPSA) is 83.6 Å². The van der Waals surface area contributed by atoms with Crippen molar-refractivity contribution in [2.45, 2.75) is 12.2 Å². The number of amides is 2. The fraction of sp³-hybridized carbons (Fsp3) is 0.222. The number of halogens is 1. The van der Waals surface area contributed by atoms with Gasteiger partial charge in [-0.25, -0.2) is 17.1 Å². The van der Waals surface area contributed by atoms with Gasteiger partial charge in [-0.1, -0.05) is 30.3 Å². The van der Waals surface area contributed by atoms with E-state index >= 15 is 0 Å². The van der Waals surface area contributed by atoms with Gasteiger partial charge in [0, 0.05) is 12.1 Å². The Labute approximate surface area is 150 Å². The van der Waals surface area contributed by atoms with Gasteiger partial charge in [0.1, 0.15) is 12.4 Å². The Morgan fingerprint density at radius 1 is 1.12 bits per heavy atom. The van der Waals surface area contributed by atoms with Gasteiger partial charge in [0.2, 0.25) is 15.9 Å². The second-order valence-corrected chi connectivity index (χ2v) is 7.84. The largest absolute Gasteiger partial charge is 0.354 e. The van der Waals surface area contributed by atoms with Crippen LogP contribution in [-0.2, 0) is 27.0 Å². The number of sulfonamides is 1. The molecule has 0 aliphatic carbocycles. The molecule has 0 unspecified atom stereocenters. The lowest BCUT2D eigenvalue weighted by Crippen LogP contribution is -2.47. The molecule has 1 aliphatic rings. The van der Waals surface area contributed by atoms with Crippen LogP contribution in [0.3, 0.4) is 0 Å². The predicted molar refractivity (Wildman–Crippen MR) is 93.2 cm³/mol. The van der Waals surface area contributed by atoms with Gasteiger partial charge in [-0.05, 0) is 35.7 Å². The summed E-state index contributed by atoms with van der Waals surface area (Å²) in [6, 6.07) is 12.3. The average molecular weight is 376 g/mol. The van der Waals surface area contributed by atoms with E-state index in [0.29, 0.717) is 21.9 Å². The third kappa shape index (κ3) is 3.91. The van der Waals surface area contributed by atoms with E-state index in [0.717, 1.165) is 5.56 Å². The Bertz CT molecular complexity index is 942. The molecule has 2 aromatic carbocycles. The normalized spacial score (nSPS) is 15.4. The Morgan fingerprint density at radius 3 is 2.54 bits per heavy atom. The molecule has 1 heterocycles. The van der Waals surface area contributed by atoms with E-state index < -0.39 is 28.4 Å². The lowest BCUT2D eigenvalue weighted by atomic mass is 10.1. The molecule has 0 bridgehead atoms. The molecule has 0 saturated carbocycles. The summed E-state index contributed by atoms with van der Waals surface area (Å²) in [7, 11) is -3.88. The highest BCUT2D eigenvalue weighted by Gasteiger charge is 2.36. The molecule has 0 aromatic heterocycles. The van der Waals surface area contributed by atoms with Crippen LogP contribution in [0.2, 0.25) is 0 Å². The van der Waals surface area contributed by atoms with Gasteiger partial charge in [-0.2, -0.15) is 0 Å². The third-order valence-corrected chi connectivity index (χ3v) is 5.73. The van der Waals surface area contributed by atoms with Crippen molar-refractivity contribution in [3.8, 4) is 0 Å². The number of carbonyl (C=O) groups excluding carboxylic acids is 2. The Kier molecular flexibility index (Phi) is 5.03. The highest BCUT2D eigenvalue weighted by molar-refractivity contribution is 7.89. The van der Waals surface area contributed by atoms with E-state index in [4.69, 9.17) is 0 Å². The minimum absolute atomic E-state index is 0.253. The van der Waals surface area contributed by atoms with E-state index in [2.05, 4.69) is 5.32 Å². The van der Waals surface area contributed by atoms with Crippen molar-refractivity contribution in [3.05, 3.63) is 71.0 Å². The minimum Gasteiger partial charge on any atom is -0.354 e. The van der Waals surface area contributed by atoms with Crippen LogP contribution in [0.25, 0.3) is 0 Å². The van der Waals surface area contributed by atoms with E-state index in [1.54, 1.807) is 36.4 Å². The van der Waals surface area contributed by atoms with E-state index in [9.17, 15) is 22.4 Å². The zero-order valence-electron chi connectivity index (χ0n) is 13.8. The minimum atomic E-state index is -3.88. The number of rotatable bonds is 5. The fourth-order valence-corrected chi connectivity index (χ4v) is 4.21. The molecule has 8 heteroatoms. The first kappa shape index (κ1) is 18.1. The quantitative estimate of drug-likeness (QED) is 0.857. The first-order valence-corrected chi connectivity index (χ1v) is 9.61. The molecule has 3 rings (SSSR count). The molecular formula is C18H17FN2O4S. The van der Waals surface area contributed by atoms with E-state index in [-0.39, 0.29) is 18.1 Å². The lowest BCUT2D eigenvalue weighted by molar-refractivity contribution is -0.121. The summed E-state index contributed by atoms with van der Waals surface area (Å²) in [5.41, 5.74) is 1.56. The monoisotopic (exact) mass is 376 g/mol. The highest BCUT2D eigenvalue weighted by Crippen LogP contribution is 2.24. The van der Waals surface area contributed by atoms with Crippen molar-refractivity contribution in [2.24, 2.45) is 0 Å². The molecule has 0 fully saturated rings. The molecule has 2 aromatic rings. The van der Waals surface area contributed by atoms with Crippen molar-refractivity contribution >= 4 is 21.8 Å². The van der Waals surface area contributed by atoms with Gasteiger partial charge < -0.3 is 5.32 Å². The summed E-state index contributed by atoms with van der Waals surface area (Å²) in [5, 5.41) is 2.58.